The Kier molecular flexibility index (Phi) is 12.2. The first kappa shape index (κ1) is 27.8. The van der Waals surface area contributed by atoms with E-state index in [9.17, 15) is 24.3 Å². The number of hydrogen-bond acceptors (Lipinski definition) is 6. The summed E-state index contributed by atoms with van der Waals surface area (Å²) in [7, 11) is 0. The van der Waals surface area contributed by atoms with Crippen LogP contribution in [-0.4, -0.2) is 64.7 Å². The molecule has 174 valence electrons. The average molecular weight is 431 g/mol. The fourth-order valence-electron chi connectivity index (χ4n) is 2.81. The number of nitrogens with one attached hydrogen (secondary N) is 3. The van der Waals surface area contributed by atoms with Gasteiger partial charge in [-0.25, -0.2) is 4.79 Å². The van der Waals surface area contributed by atoms with Gasteiger partial charge < -0.3 is 31.9 Å². The molecule has 0 aromatic heterocycles. The predicted octanol–water partition coefficient (Wildman–Crippen LogP) is -0.407. The molecule has 7 N–H and O–H groups in total. The average Bonchev–Trinajstić information content (AvgIpc) is 2.62. The topological polar surface area (TPSA) is 171 Å². The fourth-order valence-corrected chi connectivity index (χ4v) is 2.81. The lowest BCUT2D eigenvalue weighted by Crippen LogP contribution is -2.59. The van der Waals surface area contributed by atoms with Crippen LogP contribution in [0.4, 0.5) is 0 Å². The Morgan fingerprint density at radius 1 is 0.767 bits per heavy atom. The van der Waals surface area contributed by atoms with Crippen LogP contribution in [0.5, 0.6) is 0 Å². The van der Waals surface area contributed by atoms with Gasteiger partial charge >= 0.3 is 5.97 Å². The molecule has 0 heterocycles. The number of carboxylic acids is 1. The summed E-state index contributed by atoms with van der Waals surface area (Å²) in [5.74, 6) is -3.21. The zero-order valence-corrected chi connectivity index (χ0v) is 18.8. The van der Waals surface area contributed by atoms with Crippen LogP contribution in [0.15, 0.2) is 0 Å². The number of amides is 3. The number of aliphatic hydroxyl groups is 1. The van der Waals surface area contributed by atoms with E-state index in [2.05, 4.69) is 16.0 Å². The molecule has 0 saturated carbocycles. The first-order chi connectivity index (χ1) is 13.8. The van der Waals surface area contributed by atoms with E-state index in [0.717, 1.165) is 0 Å². The van der Waals surface area contributed by atoms with E-state index in [1.165, 1.54) is 0 Å². The Labute approximate surface area is 178 Å². The summed E-state index contributed by atoms with van der Waals surface area (Å²) in [6, 6.07) is -4.16. The highest BCUT2D eigenvalue weighted by atomic mass is 16.4. The van der Waals surface area contributed by atoms with Crippen LogP contribution in [0.25, 0.3) is 0 Å². The molecular weight excluding hydrogens is 392 g/mol. The summed E-state index contributed by atoms with van der Waals surface area (Å²) in [5.41, 5.74) is 5.50. The predicted molar refractivity (Wildman–Crippen MR) is 112 cm³/mol. The van der Waals surface area contributed by atoms with Gasteiger partial charge in [-0.05, 0) is 30.6 Å². The summed E-state index contributed by atoms with van der Waals surface area (Å²) in [6.07, 6.45) is 0.554. The summed E-state index contributed by atoms with van der Waals surface area (Å²) >= 11 is 0. The molecule has 0 fully saturated rings. The molecule has 10 heteroatoms. The van der Waals surface area contributed by atoms with Gasteiger partial charge in [-0.15, -0.1) is 0 Å². The second kappa shape index (κ2) is 13.2. The van der Waals surface area contributed by atoms with Crippen molar-refractivity contribution in [2.75, 3.05) is 6.61 Å². The monoisotopic (exact) mass is 430 g/mol. The normalized spacial score (nSPS) is 15.4. The lowest BCUT2D eigenvalue weighted by molar-refractivity contribution is -0.143. The Hall–Kier alpha value is -2.20. The van der Waals surface area contributed by atoms with E-state index in [1.807, 2.05) is 27.7 Å². The van der Waals surface area contributed by atoms with Crippen LogP contribution in [0, 0.1) is 17.8 Å². The number of hydrogen-bond donors (Lipinski definition) is 6. The minimum absolute atomic E-state index is 0.0554. The molecule has 3 amide bonds. The number of carbonyl (C=O) groups is 4. The highest BCUT2D eigenvalue weighted by molar-refractivity contribution is 5.94. The molecule has 0 spiro atoms. The summed E-state index contributed by atoms with van der Waals surface area (Å²) in [4.78, 5) is 49.0. The van der Waals surface area contributed by atoms with Crippen molar-refractivity contribution >= 4 is 23.7 Å². The van der Waals surface area contributed by atoms with Crippen LogP contribution < -0.4 is 21.7 Å². The second-order valence-corrected chi connectivity index (χ2v) is 8.74. The number of rotatable bonds is 13. The Morgan fingerprint density at radius 2 is 1.23 bits per heavy atom. The molecule has 0 aromatic carbocycles. The molecule has 0 saturated heterocycles. The third-order valence-corrected chi connectivity index (χ3v) is 4.44. The van der Waals surface area contributed by atoms with Gasteiger partial charge in [-0.2, -0.15) is 0 Å². The highest BCUT2D eigenvalue weighted by Crippen LogP contribution is 2.10. The summed E-state index contributed by atoms with van der Waals surface area (Å²) in [5, 5.41) is 26.0. The number of aliphatic hydroxyl groups excluding tert-OH is 1. The molecular formula is C20H38N4O6. The molecule has 30 heavy (non-hydrogen) atoms. The van der Waals surface area contributed by atoms with Crippen LogP contribution in [0.2, 0.25) is 0 Å². The molecule has 0 aromatic rings. The number of aliphatic carboxylic acids is 1. The Balaban J connectivity index is 5.38. The maximum absolute atomic E-state index is 12.8. The number of carbonyl (C=O) groups excluding carboxylic acids is 3. The minimum Gasteiger partial charge on any atom is -0.480 e. The van der Waals surface area contributed by atoms with Gasteiger partial charge in [0.15, 0.2) is 0 Å². The lowest BCUT2D eigenvalue weighted by atomic mass is 9.98. The number of carboxylic acid groups (broad SMARTS) is 1. The van der Waals surface area contributed by atoms with Crippen LogP contribution >= 0.6 is 0 Å². The van der Waals surface area contributed by atoms with Gasteiger partial charge in [0.1, 0.15) is 24.2 Å². The van der Waals surface area contributed by atoms with Crippen molar-refractivity contribution in [3.63, 3.8) is 0 Å². The van der Waals surface area contributed by atoms with Crippen molar-refractivity contribution in [2.45, 2.75) is 78.6 Å². The van der Waals surface area contributed by atoms with Crippen LogP contribution in [-0.2, 0) is 19.2 Å². The van der Waals surface area contributed by atoms with Gasteiger partial charge in [-0.1, -0.05) is 41.5 Å². The fraction of sp³-hybridized carbons (Fsp3) is 0.800. The summed E-state index contributed by atoms with van der Waals surface area (Å²) < 4.78 is 0. The van der Waals surface area contributed by atoms with Gasteiger partial charge in [0, 0.05) is 0 Å². The molecule has 10 nitrogen and oxygen atoms in total. The number of nitrogens with two attached hydrogens (primary N) is 1. The van der Waals surface area contributed by atoms with Crippen molar-refractivity contribution in [2.24, 2.45) is 23.5 Å². The Bertz CT molecular complexity index is 594. The van der Waals surface area contributed by atoms with E-state index in [-0.39, 0.29) is 24.2 Å². The van der Waals surface area contributed by atoms with E-state index >= 15 is 0 Å². The molecule has 0 aliphatic rings. The zero-order chi connectivity index (χ0) is 23.6. The third kappa shape index (κ3) is 10.0. The van der Waals surface area contributed by atoms with Crippen molar-refractivity contribution in [3.05, 3.63) is 0 Å². The van der Waals surface area contributed by atoms with E-state index in [4.69, 9.17) is 10.8 Å². The summed E-state index contributed by atoms with van der Waals surface area (Å²) in [6.45, 7) is 10.3. The molecule has 0 aliphatic heterocycles. The van der Waals surface area contributed by atoms with E-state index < -0.39 is 54.5 Å². The zero-order valence-electron chi connectivity index (χ0n) is 18.8. The SMILES string of the molecule is CC(C)CC(NC(=O)C(NC(=O)C(CC(C)C)NC(=O)C(N)CO)C(C)C)C(=O)O. The Morgan fingerprint density at radius 3 is 1.63 bits per heavy atom. The van der Waals surface area contributed by atoms with Crippen molar-refractivity contribution < 1.29 is 29.4 Å². The van der Waals surface area contributed by atoms with Crippen molar-refractivity contribution in [1.82, 2.24) is 16.0 Å². The largest absolute Gasteiger partial charge is 0.480 e. The van der Waals surface area contributed by atoms with Crippen LogP contribution in [0.1, 0.15) is 54.4 Å². The molecule has 0 radical (unpaired) electrons. The molecule has 4 unspecified atom stereocenters. The maximum atomic E-state index is 12.8. The van der Waals surface area contributed by atoms with Crippen LogP contribution in [0.3, 0.4) is 0 Å². The molecule has 0 rings (SSSR count). The molecule has 4 atom stereocenters. The third-order valence-electron chi connectivity index (χ3n) is 4.44. The quantitative estimate of drug-likeness (QED) is 0.231. The van der Waals surface area contributed by atoms with Gasteiger partial charge in [0.25, 0.3) is 0 Å². The van der Waals surface area contributed by atoms with Gasteiger partial charge in [0.05, 0.1) is 6.61 Å². The molecule has 0 bridgehead atoms. The van der Waals surface area contributed by atoms with Crippen molar-refractivity contribution in [3.8, 4) is 0 Å². The first-order valence-electron chi connectivity index (χ1n) is 10.3. The van der Waals surface area contributed by atoms with Gasteiger partial charge in [0.2, 0.25) is 17.7 Å². The second-order valence-electron chi connectivity index (χ2n) is 8.74. The highest BCUT2D eigenvalue weighted by Gasteiger charge is 2.32. The first-order valence-corrected chi connectivity index (χ1v) is 10.3. The lowest BCUT2D eigenvalue weighted by Gasteiger charge is -2.28. The molecule has 0 aliphatic carbocycles. The minimum atomic E-state index is -1.16. The standard InChI is InChI=1S/C20H38N4O6/c1-10(2)7-14(22-17(26)13(21)9-25)18(27)24-16(12(5)6)19(28)23-15(20(29)30)8-11(3)4/h10-16,25H,7-9,21H2,1-6H3,(H,22,26)(H,23,28)(H,24,27)(H,29,30). The maximum Gasteiger partial charge on any atom is 0.326 e. The van der Waals surface area contributed by atoms with E-state index in [1.54, 1.807) is 13.8 Å². The smallest absolute Gasteiger partial charge is 0.326 e. The van der Waals surface area contributed by atoms with Gasteiger partial charge in [-0.3, -0.25) is 14.4 Å². The van der Waals surface area contributed by atoms with Crippen molar-refractivity contribution in [1.29, 1.82) is 0 Å². The van der Waals surface area contributed by atoms with E-state index in [0.29, 0.717) is 6.42 Å².